The van der Waals surface area contributed by atoms with E-state index in [0.717, 1.165) is 31.7 Å². The Kier molecular flexibility index (Phi) is 5.06. The van der Waals surface area contributed by atoms with E-state index in [1.165, 1.54) is 30.4 Å². The molecule has 2 heteroatoms. The minimum atomic E-state index is 0.688. The summed E-state index contributed by atoms with van der Waals surface area (Å²) in [6.07, 6.45) is 5.97. The van der Waals surface area contributed by atoms with Crippen molar-refractivity contribution in [1.29, 1.82) is 0 Å². The summed E-state index contributed by atoms with van der Waals surface area (Å²) < 4.78 is 5.53. The van der Waals surface area contributed by atoms with Crippen molar-refractivity contribution in [2.75, 3.05) is 13.2 Å². The second-order valence-corrected chi connectivity index (χ2v) is 5.14. The maximum Gasteiger partial charge on any atom is 0.122 e. The fourth-order valence-electron chi connectivity index (χ4n) is 2.62. The van der Waals surface area contributed by atoms with Gasteiger partial charge in [-0.2, -0.15) is 0 Å². The number of nitrogens with one attached hydrogen (secondary N) is 1. The van der Waals surface area contributed by atoms with Crippen molar-refractivity contribution >= 4 is 0 Å². The van der Waals surface area contributed by atoms with Crippen LogP contribution in [0.3, 0.4) is 0 Å². The van der Waals surface area contributed by atoms with E-state index in [1.807, 2.05) is 0 Å². The molecule has 0 spiro atoms. The molecule has 0 radical (unpaired) electrons. The van der Waals surface area contributed by atoms with Crippen LogP contribution in [0.4, 0.5) is 0 Å². The molecule has 1 aliphatic heterocycles. The minimum absolute atomic E-state index is 0.688. The summed E-state index contributed by atoms with van der Waals surface area (Å²) in [7, 11) is 0. The summed E-state index contributed by atoms with van der Waals surface area (Å²) in [5, 5.41) is 3.66. The van der Waals surface area contributed by atoms with Crippen molar-refractivity contribution in [2.45, 2.75) is 52.0 Å². The highest BCUT2D eigenvalue weighted by Gasteiger charge is 2.11. The quantitative estimate of drug-likeness (QED) is 0.798. The van der Waals surface area contributed by atoms with E-state index in [2.05, 4.69) is 37.4 Å². The van der Waals surface area contributed by atoms with E-state index in [4.69, 9.17) is 4.74 Å². The van der Waals surface area contributed by atoms with E-state index in [-0.39, 0.29) is 0 Å². The van der Waals surface area contributed by atoms with Crippen LogP contribution in [0.15, 0.2) is 18.2 Å². The molecule has 0 saturated carbocycles. The van der Waals surface area contributed by atoms with Crippen LogP contribution in [-0.4, -0.2) is 19.2 Å². The zero-order valence-electron chi connectivity index (χ0n) is 11.7. The van der Waals surface area contributed by atoms with Crippen molar-refractivity contribution in [3.05, 3.63) is 29.3 Å². The average Bonchev–Trinajstić information content (AvgIpc) is 2.85. The molecule has 1 atom stereocenters. The molecule has 1 N–H and O–H groups in total. The minimum Gasteiger partial charge on any atom is -0.493 e. The Hall–Kier alpha value is -1.02. The number of hydrogen-bond acceptors (Lipinski definition) is 2. The second kappa shape index (κ2) is 6.79. The summed E-state index contributed by atoms with van der Waals surface area (Å²) in [5.74, 6) is 1.09. The smallest absolute Gasteiger partial charge is 0.122 e. The lowest BCUT2D eigenvalue weighted by Gasteiger charge is -2.16. The number of fused-ring (bicyclic) bond motifs is 1. The predicted molar refractivity (Wildman–Crippen MR) is 76.3 cm³/mol. The number of hydrogen-bond donors (Lipinski definition) is 1. The first-order chi connectivity index (χ1) is 8.83. The third kappa shape index (κ3) is 3.49. The van der Waals surface area contributed by atoms with Gasteiger partial charge in [-0.1, -0.05) is 32.4 Å². The van der Waals surface area contributed by atoms with Gasteiger partial charge in [-0.3, -0.25) is 0 Å². The lowest BCUT2D eigenvalue weighted by atomic mass is 10.1. The Morgan fingerprint density at radius 3 is 3.00 bits per heavy atom. The SMILES string of the molecule is CCCC(CC)NCCc1ccc2c(c1)CCO2. The van der Waals surface area contributed by atoms with Gasteiger partial charge in [0, 0.05) is 12.5 Å². The molecule has 0 bridgehead atoms. The van der Waals surface area contributed by atoms with Gasteiger partial charge in [-0.15, -0.1) is 0 Å². The van der Waals surface area contributed by atoms with E-state index < -0.39 is 0 Å². The van der Waals surface area contributed by atoms with Gasteiger partial charge in [0.15, 0.2) is 0 Å². The molecule has 0 aliphatic carbocycles. The molecule has 0 saturated heterocycles. The summed E-state index contributed by atoms with van der Waals surface area (Å²) >= 11 is 0. The van der Waals surface area contributed by atoms with Crippen LogP contribution in [0.5, 0.6) is 5.75 Å². The molecule has 1 heterocycles. The highest BCUT2D eigenvalue weighted by Crippen LogP contribution is 2.25. The van der Waals surface area contributed by atoms with Gasteiger partial charge in [0.2, 0.25) is 0 Å². The molecule has 0 amide bonds. The lowest BCUT2D eigenvalue weighted by Crippen LogP contribution is -2.30. The largest absolute Gasteiger partial charge is 0.493 e. The molecule has 0 aromatic heterocycles. The van der Waals surface area contributed by atoms with Gasteiger partial charge >= 0.3 is 0 Å². The molecule has 1 aromatic carbocycles. The maximum atomic E-state index is 5.53. The van der Waals surface area contributed by atoms with Crippen molar-refractivity contribution in [2.24, 2.45) is 0 Å². The van der Waals surface area contributed by atoms with Gasteiger partial charge in [-0.05, 0) is 43.0 Å². The van der Waals surface area contributed by atoms with Gasteiger partial charge in [0.25, 0.3) is 0 Å². The van der Waals surface area contributed by atoms with Crippen LogP contribution in [0.25, 0.3) is 0 Å². The highest BCUT2D eigenvalue weighted by molar-refractivity contribution is 5.39. The molecule has 100 valence electrons. The first kappa shape index (κ1) is 13.4. The van der Waals surface area contributed by atoms with Crippen molar-refractivity contribution < 1.29 is 4.74 Å². The normalized spacial score (nSPS) is 15.2. The topological polar surface area (TPSA) is 21.3 Å². The van der Waals surface area contributed by atoms with Crippen LogP contribution in [0.2, 0.25) is 0 Å². The molecular formula is C16H25NO. The molecule has 0 fully saturated rings. The number of benzene rings is 1. The van der Waals surface area contributed by atoms with Crippen LogP contribution in [0, 0.1) is 0 Å². The van der Waals surface area contributed by atoms with Gasteiger partial charge in [-0.25, -0.2) is 0 Å². The molecule has 1 aliphatic rings. The van der Waals surface area contributed by atoms with E-state index in [9.17, 15) is 0 Å². The van der Waals surface area contributed by atoms with Gasteiger partial charge in [0.1, 0.15) is 5.75 Å². The average molecular weight is 247 g/mol. The summed E-state index contributed by atoms with van der Waals surface area (Å²) in [6.45, 7) is 6.45. The fourth-order valence-corrected chi connectivity index (χ4v) is 2.62. The molecular weight excluding hydrogens is 222 g/mol. The molecule has 18 heavy (non-hydrogen) atoms. The van der Waals surface area contributed by atoms with E-state index >= 15 is 0 Å². The fraction of sp³-hybridized carbons (Fsp3) is 0.625. The van der Waals surface area contributed by atoms with Crippen LogP contribution in [0.1, 0.15) is 44.2 Å². The lowest BCUT2D eigenvalue weighted by molar-refractivity contribution is 0.357. The Balaban J connectivity index is 1.79. The zero-order valence-corrected chi connectivity index (χ0v) is 11.7. The van der Waals surface area contributed by atoms with Crippen molar-refractivity contribution in [3.63, 3.8) is 0 Å². The molecule has 2 rings (SSSR count). The summed E-state index contributed by atoms with van der Waals surface area (Å²) in [6, 6.07) is 7.33. The van der Waals surface area contributed by atoms with E-state index in [0.29, 0.717) is 6.04 Å². The van der Waals surface area contributed by atoms with Gasteiger partial charge < -0.3 is 10.1 Å². The molecule has 2 nitrogen and oxygen atoms in total. The predicted octanol–water partition coefficient (Wildman–Crippen LogP) is 3.33. The van der Waals surface area contributed by atoms with E-state index in [1.54, 1.807) is 0 Å². The van der Waals surface area contributed by atoms with Gasteiger partial charge in [0.05, 0.1) is 6.61 Å². The first-order valence-electron chi connectivity index (χ1n) is 7.31. The Morgan fingerprint density at radius 2 is 2.22 bits per heavy atom. The summed E-state index contributed by atoms with van der Waals surface area (Å²) in [5.41, 5.74) is 2.81. The monoisotopic (exact) mass is 247 g/mol. The first-order valence-corrected chi connectivity index (χ1v) is 7.31. The third-order valence-corrected chi connectivity index (χ3v) is 3.73. The summed E-state index contributed by atoms with van der Waals surface area (Å²) in [4.78, 5) is 0. The molecule has 1 aromatic rings. The highest BCUT2D eigenvalue weighted by atomic mass is 16.5. The van der Waals surface area contributed by atoms with Crippen molar-refractivity contribution in [3.8, 4) is 5.75 Å². The number of ether oxygens (including phenoxy) is 1. The standard InChI is InChI=1S/C16H25NO/c1-3-5-15(4-2)17-10-8-13-6-7-16-14(12-13)9-11-18-16/h6-7,12,15,17H,3-5,8-11H2,1-2H3. The second-order valence-electron chi connectivity index (χ2n) is 5.14. The number of rotatable bonds is 7. The van der Waals surface area contributed by atoms with Crippen molar-refractivity contribution in [1.82, 2.24) is 5.32 Å². The third-order valence-electron chi connectivity index (χ3n) is 3.73. The van der Waals surface area contributed by atoms with Crippen LogP contribution >= 0.6 is 0 Å². The van der Waals surface area contributed by atoms with Crippen LogP contribution < -0.4 is 10.1 Å². The van der Waals surface area contributed by atoms with Crippen LogP contribution in [-0.2, 0) is 12.8 Å². The Bertz CT molecular complexity index is 375. The Labute approximate surface area is 111 Å². The Morgan fingerprint density at radius 1 is 1.33 bits per heavy atom. The zero-order chi connectivity index (χ0) is 12.8. The maximum absolute atomic E-state index is 5.53. The molecule has 1 unspecified atom stereocenters.